The molecule has 1 aromatic carbocycles. The summed E-state index contributed by atoms with van der Waals surface area (Å²) in [5, 5.41) is 13.9. The number of aliphatic hydroxyl groups is 1. The smallest absolute Gasteiger partial charge is 0.251 e. The minimum absolute atomic E-state index is 0.0468. The van der Waals surface area contributed by atoms with Crippen LogP contribution in [0, 0.1) is 13.8 Å². The summed E-state index contributed by atoms with van der Waals surface area (Å²) >= 11 is 0. The van der Waals surface area contributed by atoms with Crippen LogP contribution in [0.3, 0.4) is 0 Å². The summed E-state index contributed by atoms with van der Waals surface area (Å²) in [4.78, 5) is 15.0. The Bertz CT molecular complexity index is 600. The normalized spacial score (nSPS) is 21.9. The van der Waals surface area contributed by atoms with Crippen molar-refractivity contribution in [3.8, 4) is 0 Å². The molecule has 4 heteroatoms. The van der Waals surface area contributed by atoms with Crippen LogP contribution in [0.1, 0.15) is 66.4 Å². The van der Waals surface area contributed by atoms with Gasteiger partial charge in [0, 0.05) is 31.2 Å². The number of benzene rings is 1. The summed E-state index contributed by atoms with van der Waals surface area (Å²) in [6.07, 6.45) is 7.37. The Kier molecular flexibility index (Phi) is 5.80. The third-order valence-electron chi connectivity index (χ3n) is 6.07. The summed E-state index contributed by atoms with van der Waals surface area (Å²) in [7, 11) is 0. The van der Waals surface area contributed by atoms with E-state index >= 15 is 0 Å². The summed E-state index contributed by atoms with van der Waals surface area (Å²) in [5.41, 5.74) is 2.53. The fraction of sp³-hybridized carbons (Fsp3) is 0.667. The summed E-state index contributed by atoms with van der Waals surface area (Å²) < 4.78 is 0. The van der Waals surface area contributed by atoms with Crippen molar-refractivity contribution in [3.63, 3.8) is 0 Å². The van der Waals surface area contributed by atoms with Crippen LogP contribution in [0.4, 0.5) is 0 Å². The minimum Gasteiger partial charge on any atom is -0.389 e. The highest BCUT2D eigenvalue weighted by Gasteiger charge is 2.33. The van der Waals surface area contributed by atoms with Gasteiger partial charge in [0.1, 0.15) is 0 Å². The van der Waals surface area contributed by atoms with E-state index in [-0.39, 0.29) is 11.9 Å². The highest BCUT2D eigenvalue weighted by atomic mass is 16.3. The number of β-amino-alcohol motifs (C(OH)–C–C–N with tert-alkyl or cyclic N) is 1. The second-order valence-corrected chi connectivity index (χ2v) is 8.06. The number of piperidine rings is 1. The van der Waals surface area contributed by atoms with Crippen molar-refractivity contribution in [1.82, 2.24) is 10.2 Å². The molecule has 138 valence electrons. The second-order valence-electron chi connectivity index (χ2n) is 8.06. The van der Waals surface area contributed by atoms with Crippen molar-refractivity contribution < 1.29 is 9.90 Å². The van der Waals surface area contributed by atoms with Crippen molar-refractivity contribution in [2.24, 2.45) is 0 Å². The zero-order chi connectivity index (χ0) is 17.9. The van der Waals surface area contributed by atoms with E-state index in [4.69, 9.17) is 0 Å². The molecule has 2 fully saturated rings. The maximum atomic E-state index is 12.6. The van der Waals surface area contributed by atoms with Crippen LogP contribution in [0.2, 0.25) is 0 Å². The molecule has 0 bridgehead atoms. The van der Waals surface area contributed by atoms with Crippen LogP contribution in [-0.2, 0) is 0 Å². The van der Waals surface area contributed by atoms with E-state index in [0.29, 0.717) is 0 Å². The van der Waals surface area contributed by atoms with E-state index in [0.717, 1.165) is 74.8 Å². The van der Waals surface area contributed by atoms with Crippen molar-refractivity contribution in [2.45, 2.75) is 70.4 Å². The van der Waals surface area contributed by atoms with Gasteiger partial charge in [-0.2, -0.15) is 0 Å². The molecule has 1 heterocycles. The van der Waals surface area contributed by atoms with Crippen molar-refractivity contribution in [3.05, 3.63) is 34.9 Å². The number of likely N-dealkylation sites (tertiary alicyclic amines) is 1. The standard InChI is InChI=1S/C21H32N2O2/c1-16-7-6-8-19(17(16)2)20(24)22-18-9-13-23(14-10-18)15-21(25)11-4-3-5-12-21/h6-8,18,25H,3-5,9-15H2,1-2H3,(H,22,24). The Hall–Kier alpha value is -1.39. The monoisotopic (exact) mass is 344 g/mol. The Labute approximate surface area is 151 Å². The van der Waals surface area contributed by atoms with Gasteiger partial charge in [0.2, 0.25) is 0 Å². The molecule has 1 aliphatic heterocycles. The molecule has 1 amide bonds. The molecule has 1 saturated heterocycles. The number of amides is 1. The van der Waals surface area contributed by atoms with Crippen LogP contribution in [0.5, 0.6) is 0 Å². The second kappa shape index (κ2) is 7.88. The predicted octanol–water partition coefficient (Wildman–Crippen LogP) is 3.19. The fourth-order valence-electron chi connectivity index (χ4n) is 4.28. The minimum atomic E-state index is -0.479. The van der Waals surface area contributed by atoms with Gasteiger partial charge in [-0.25, -0.2) is 0 Å². The zero-order valence-corrected chi connectivity index (χ0v) is 15.7. The highest BCUT2D eigenvalue weighted by Crippen LogP contribution is 2.29. The molecular formula is C21H32N2O2. The van der Waals surface area contributed by atoms with Crippen LogP contribution in [-0.4, -0.2) is 47.2 Å². The average Bonchev–Trinajstić information content (AvgIpc) is 2.59. The summed E-state index contributed by atoms with van der Waals surface area (Å²) in [6, 6.07) is 6.14. The van der Waals surface area contributed by atoms with Crippen LogP contribution >= 0.6 is 0 Å². The first-order chi connectivity index (χ1) is 12.0. The Morgan fingerprint density at radius 1 is 1.20 bits per heavy atom. The number of nitrogens with one attached hydrogen (secondary N) is 1. The zero-order valence-electron chi connectivity index (χ0n) is 15.7. The number of rotatable bonds is 4. The first-order valence-electron chi connectivity index (χ1n) is 9.79. The van der Waals surface area contributed by atoms with Crippen LogP contribution < -0.4 is 5.32 Å². The third kappa shape index (κ3) is 4.62. The van der Waals surface area contributed by atoms with E-state index in [1.54, 1.807) is 0 Å². The van der Waals surface area contributed by atoms with Gasteiger partial charge in [0.25, 0.3) is 5.91 Å². The molecule has 25 heavy (non-hydrogen) atoms. The molecule has 1 aromatic rings. The summed E-state index contributed by atoms with van der Waals surface area (Å²) in [6.45, 7) is 6.77. The predicted molar refractivity (Wildman–Crippen MR) is 101 cm³/mol. The molecule has 1 aliphatic carbocycles. The molecule has 1 saturated carbocycles. The van der Waals surface area contributed by atoms with Crippen molar-refractivity contribution >= 4 is 5.91 Å². The van der Waals surface area contributed by atoms with Gasteiger partial charge in [-0.3, -0.25) is 4.79 Å². The van der Waals surface area contributed by atoms with Gasteiger partial charge in [-0.1, -0.05) is 31.4 Å². The van der Waals surface area contributed by atoms with Crippen molar-refractivity contribution in [2.75, 3.05) is 19.6 Å². The van der Waals surface area contributed by atoms with E-state index < -0.39 is 5.60 Å². The van der Waals surface area contributed by atoms with E-state index in [2.05, 4.69) is 10.2 Å². The maximum absolute atomic E-state index is 12.6. The lowest BCUT2D eigenvalue weighted by Crippen LogP contribution is -2.50. The molecule has 0 aromatic heterocycles. The number of carbonyl (C=O) groups is 1. The summed E-state index contributed by atoms with van der Waals surface area (Å²) in [5.74, 6) is 0.0468. The van der Waals surface area contributed by atoms with Gasteiger partial charge in [0.05, 0.1) is 5.60 Å². The van der Waals surface area contributed by atoms with Gasteiger partial charge in [-0.05, 0) is 56.7 Å². The van der Waals surface area contributed by atoms with Crippen LogP contribution in [0.25, 0.3) is 0 Å². The largest absolute Gasteiger partial charge is 0.389 e. The molecule has 0 unspecified atom stereocenters. The number of hydrogen-bond donors (Lipinski definition) is 2. The maximum Gasteiger partial charge on any atom is 0.251 e. The molecule has 0 spiro atoms. The number of aryl methyl sites for hydroxylation is 1. The molecule has 2 aliphatic rings. The first kappa shape index (κ1) is 18.4. The molecule has 2 N–H and O–H groups in total. The third-order valence-corrected chi connectivity index (χ3v) is 6.07. The van der Waals surface area contributed by atoms with Gasteiger partial charge < -0.3 is 15.3 Å². The van der Waals surface area contributed by atoms with E-state index in [1.165, 1.54) is 6.42 Å². The Morgan fingerprint density at radius 2 is 1.88 bits per heavy atom. The molecule has 0 radical (unpaired) electrons. The van der Waals surface area contributed by atoms with E-state index in [1.807, 2.05) is 32.0 Å². The molecule has 4 nitrogen and oxygen atoms in total. The van der Waals surface area contributed by atoms with Gasteiger partial charge >= 0.3 is 0 Å². The Balaban J connectivity index is 1.49. The number of hydrogen-bond acceptors (Lipinski definition) is 3. The quantitative estimate of drug-likeness (QED) is 0.882. The molecule has 0 atom stereocenters. The fourth-order valence-corrected chi connectivity index (χ4v) is 4.28. The number of carbonyl (C=O) groups excluding carboxylic acids is 1. The number of nitrogens with zero attached hydrogens (tertiary/aromatic N) is 1. The Morgan fingerprint density at radius 3 is 2.56 bits per heavy atom. The lowest BCUT2D eigenvalue weighted by Gasteiger charge is -2.40. The van der Waals surface area contributed by atoms with Crippen molar-refractivity contribution in [1.29, 1.82) is 0 Å². The average molecular weight is 344 g/mol. The topological polar surface area (TPSA) is 52.6 Å². The lowest BCUT2D eigenvalue weighted by molar-refractivity contribution is -0.0312. The molecule has 3 rings (SSSR count). The van der Waals surface area contributed by atoms with Crippen LogP contribution in [0.15, 0.2) is 18.2 Å². The molecular weight excluding hydrogens is 312 g/mol. The SMILES string of the molecule is Cc1cccc(C(=O)NC2CCN(CC3(O)CCCCC3)CC2)c1C. The first-order valence-corrected chi connectivity index (χ1v) is 9.79. The van der Waals surface area contributed by atoms with E-state index in [9.17, 15) is 9.90 Å². The van der Waals surface area contributed by atoms with Gasteiger partial charge in [-0.15, -0.1) is 0 Å². The highest BCUT2D eigenvalue weighted by molar-refractivity contribution is 5.96. The lowest BCUT2D eigenvalue weighted by atomic mass is 9.84. The van der Waals surface area contributed by atoms with Gasteiger partial charge in [0.15, 0.2) is 0 Å².